The molecule has 0 aliphatic carbocycles. The molecule has 21 heavy (non-hydrogen) atoms. The zero-order valence-corrected chi connectivity index (χ0v) is 13.0. The summed E-state index contributed by atoms with van der Waals surface area (Å²) < 4.78 is 6.68. The number of hydrogen-bond acceptors (Lipinski definition) is 4. The number of pyridine rings is 1. The van der Waals surface area contributed by atoms with Crippen LogP contribution in [0.15, 0.2) is 22.8 Å². The molecule has 2 aliphatic heterocycles. The van der Waals surface area contributed by atoms with Gasteiger partial charge in [0.2, 0.25) is 17.7 Å². The molecule has 0 bridgehead atoms. The Hall–Kier alpha value is -1.63. The number of nitrogens with zero attached hydrogens (tertiary/aromatic N) is 2. The predicted molar refractivity (Wildman–Crippen MR) is 78.7 cm³/mol. The first-order valence-electron chi connectivity index (χ1n) is 6.98. The van der Waals surface area contributed by atoms with E-state index in [9.17, 15) is 9.59 Å². The van der Waals surface area contributed by atoms with E-state index in [0.29, 0.717) is 31.8 Å². The topological polar surface area (TPSA) is 71.5 Å². The van der Waals surface area contributed by atoms with Gasteiger partial charge in [-0.2, -0.15) is 0 Å². The Labute approximate surface area is 131 Å². The normalized spacial score (nSPS) is 25.0. The van der Waals surface area contributed by atoms with Gasteiger partial charge >= 0.3 is 0 Å². The first kappa shape index (κ1) is 14.3. The Bertz CT molecular complexity index is 549. The third-order valence-corrected chi connectivity index (χ3v) is 4.21. The standard InChI is InChI=1S/C14H16BrN3O3/c15-9-1-4-13(16-7-9)21-10-5-6-18(8-10)14(20)11-2-3-12(19)17-11/h1,4,7,10-11H,2-3,5-6,8H2,(H,17,19). The van der Waals surface area contributed by atoms with Crippen LogP contribution in [0.5, 0.6) is 5.88 Å². The molecule has 2 unspecified atom stereocenters. The van der Waals surface area contributed by atoms with Crippen molar-refractivity contribution in [2.45, 2.75) is 31.4 Å². The summed E-state index contributed by atoms with van der Waals surface area (Å²) in [5.41, 5.74) is 0. The van der Waals surface area contributed by atoms with Gasteiger partial charge in [0.25, 0.3) is 0 Å². The van der Waals surface area contributed by atoms with Crippen molar-refractivity contribution in [3.63, 3.8) is 0 Å². The Morgan fingerprint density at radius 2 is 2.29 bits per heavy atom. The fourth-order valence-electron chi connectivity index (χ4n) is 2.65. The second-order valence-corrected chi connectivity index (χ2v) is 6.20. The lowest BCUT2D eigenvalue weighted by molar-refractivity contribution is -0.133. The number of ether oxygens (including phenoxy) is 1. The monoisotopic (exact) mass is 353 g/mol. The maximum absolute atomic E-state index is 12.3. The molecule has 2 aliphatic rings. The SMILES string of the molecule is O=C1CCC(C(=O)N2CCC(Oc3ccc(Br)cn3)C2)N1. The quantitative estimate of drug-likeness (QED) is 0.883. The lowest BCUT2D eigenvalue weighted by atomic mass is 10.2. The Kier molecular flexibility index (Phi) is 4.10. The highest BCUT2D eigenvalue weighted by molar-refractivity contribution is 9.10. The molecule has 2 saturated heterocycles. The van der Waals surface area contributed by atoms with E-state index in [2.05, 4.69) is 26.2 Å². The second-order valence-electron chi connectivity index (χ2n) is 5.29. The van der Waals surface area contributed by atoms with Crippen molar-refractivity contribution < 1.29 is 14.3 Å². The van der Waals surface area contributed by atoms with Crippen molar-refractivity contribution in [1.82, 2.24) is 15.2 Å². The average molecular weight is 354 g/mol. The van der Waals surface area contributed by atoms with Crippen LogP contribution in [0.4, 0.5) is 0 Å². The zero-order chi connectivity index (χ0) is 14.8. The number of halogens is 1. The van der Waals surface area contributed by atoms with E-state index in [1.165, 1.54) is 0 Å². The molecule has 0 saturated carbocycles. The molecule has 1 N–H and O–H groups in total. The lowest BCUT2D eigenvalue weighted by Gasteiger charge is -2.20. The summed E-state index contributed by atoms with van der Waals surface area (Å²) in [5.74, 6) is 0.516. The molecule has 2 atom stereocenters. The summed E-state index contributed by atoms with van der Waals surface area (Å²) in [7, 11) is 0. The van der Waals surface area contributed by atoms with Gasteiger partial charge < -0.3 is 15.0 Å². The summed E-state index contributed by atoms with van der Waals surface area (Å²) >= 11 is 3.32. The molecule has 7 heteroatoms. The van der Waals surface area contributed by atoms with Crippen molar-refractivity contribution >= 4 is 27.7 Å². The van der Waals surface area contributed by atoms with Crippen LogP contribution in [0.3, 0.4) is 0 Å². The van der Waals surface area contributed by atoms with E-state index < -0.39 is 0 Å². The van der Waals surface area contributed by atoms with E-state index >= 15 is 0 Å². The highest BCUT2D eigenvalue weighted by Crippen LogP contribution is 2.20. The van der Waals surface area contributed by atoms with Gasteiger partial charge in [0.05, 0.1) is 6.54 Å². The average Bonchev–Trinajstić information content (AvgIpc) is 3.10. The number of carbonyl (C=O) groups is 2. The molecule has 1 aromatic rings. The number of aromatic nitrogens is 1. The maximum Gasteiger partial charge on any atom is 0.245 e. The Morgan fingerprint density at radius 3 is 2.95 bits per heavy atom. The first-order chi connectivity index (χ1) is 10.1. The Balaban J connectivity index is 1.54. The van der Waals surface area contributed by atoms with Crippen molar-refractivity contribution in [2.75, 3.05) is 13.1 Å². The van der Waals surface area contributed by atoms with Gasteiger partial charge in [-0.05, 0) is 28.4 Å². The van der Waals surface area contributed by atoms with Crippen LogP contribution in [0.1, 0.15) is 19.3 Å². The van der Waals surface area contributed by atoms with Crippen LogP contribution in [0, 0.1) is 0 Å². The molecule has 0 spiro atoms. The molecule has 0 radical (unpaired) electrons. The highest BCUT2D eigenvalue weighted by atomic mass is 79.9. The van der Waals surface area contributed by atoms with Crippen LogP contribution in [-0.4, -0.2) is 46.9 Å². The fraction of sp³-hybridized carbons (Fsp3) is 0.500. The zero-order valence-electron chi connectivity index (χ0n) is 11.4. The van der Waals surface area contributed by atoms with Crippen LogP contribution < -0.4 is 10.1 Å². The number of carbonyl (C=O) groups excluding carboxylic acids is 2. The molecule has 6 nitrogen and oxygen atoms in total. The van der Waals surface area contributed by atoms with Gasteiger partial charge in [0.1, 0.15) is 12.1 Å². The van der Waals surface area contributed by atoms with E-state index in [0.717, 1.165) is 10.9 Å². The largest absolute Gasteiger partial charge is 0.472 e. The number of amides is 2. The molecule has 2 fully saturated rings. The molecule has 2 amide bonds. The maximum atomic E-state index is 12.3. The van der Waals surface area contributed by atoms with Crippen LogP contribution >= 0.6 is 15.9 Å². The molecular formula is C14H16BrN3O3. The summed E-state index contributed by atoms with van der Waals surface area (Å²) in [5, 5.41) is 2.71. The molecule has 0 aromatic carbocycles. The molecule has 1 aromatic heterocycles. The summed E-state index contributed by atoms with van der Waals surface area (Å²) in [4.78, 5) is 29.4. The molecule has 112 valence electrons. The molecular weight excluding hydrogens is 338 g/mol. The minimum absolute atomic E-state index is 0.00397. The third-order valence-electron chi connectivity index (χ3n) is 3.74. The summed E-state index contributed by atoms with van der Waals surface area (Å²) in [6, 6.07) is 3.31. The Morgan fingerprint density at radius 1 is 1.43 bits per heavy atom. The number of likely N-dealkylation sites (tertiary alicyclic amines) is 1. The third kappa shape index (κ3) is 3.34. The summed E-state index contributed by atoms with van der Waals surface area (Å²) in [6.45, 7) is 1.20. The second kappa shape index (κ2) is 6.01. The number of hydrogen-bond donors (Lipinski definition) is 1. The van der Waals surface area contributed by atoms with E-state index in [1.54, 1.807) is 17.2 Å². The van der Waals surface area contributed by atoms with Crippen LogP contribution in [0.2, 0.25) is 0 Å². The predicted octanol–water partition coefficient (Wildman–Crippen LogP) is 1.10. The van der Waals surface area contributed by atoms with Crippen LogP contribution in [0.25, 0.3) is 0 Å². The van der Waals surface area contributed by atoms with E-state index in [4.69, 9.17) is 4.74 Å². The fourth-order valence-corrected chi connectivity index (χ4v) is 2.88. The van der Waals surface area contributed by atoms with Gasteiger partial charge in [0, 0.05) is 36.1 Å². The minimum Gasteiger partial charge on any atom is -0.472 e. The molecule has 3 rings (SSSR count). The van der Waals surface area contributed by atoms with Crippen molar-refractivity contribution in [2.24, 2.45) is 0 Å². The minimum atomic E-state index is -0.359. The van der Waals surface area contributed by atoms with Crippen molar-refractivity contribution in [3.8, 4) is 5.88 Å². The van der Waals surface area contributed by atoms with E-state index in [-0.39, 0.29) is 24.0 Å². The van der Waals surface area contributed by atoms with Gasteiger partial charge in [-0.1, -0.05) is 0 Å². The van der Waals surface area contributed by atoms with Crippen molar-refractivity contribution in [1.29, 1.82) is 0 Å². The number of nitrogens with one attached hydrogen (secondary N) is 1. The van der Waals surface area contributed by atoms with E-state index in [1.807, 2.05) is 6.07 Å². The van der Waals surface area contributed by atoms with Gasteiger partial charge in [-0.25, -0.2) is 4.98 Å². The lowest BCUT2D eigenvalue weighted by Crippen LogP contribution is -2.44. The van der Waals surface area contributed by atoms with Gasteiger partial charge in [-0.3, -0.25) is 9.59 Å². The molecule has 3 heterocycles. The van der Waals surface area contributed by atoms with Gasteiger partial charge in [0.15, 0.2) is 0 Å². The smallest absolute Gasteiger partial charge is 0.245 e. The summed E-state index contributed by atoms with van der Waals surface area (Å²) in [6.07, 6.45) is 3.45. The number of rotatable bonds is 3. The van der Waals surface area contributed by atoms with Gasteiger partial charge in [-0.15, -0.1) is 0 Å². The highest BCUT2D eigenvalue weighted by Gasteiger charge is 2.35. The van der Waals surface area contributed by atoms with Crippen LogP contribution in [-0.2, 0) is 9.59 Å². The van der Waals surface area contributed by atoms with Crippen molar-refractivity contribution in [3.05, 3.63) is 22.8 Å². The first-order valence-corrected chi connectivity index (χ1v) is 7.77.